The van der Waals surface area contributed by atoms with Crippen molar-refractivity contribution in [3.8, 4) is 11.4 Å². The maximum absolute atomic E-state index is 12.5. The van der Waals surface area contributed by atoms with Crippen LogP contribution in [0.5, 0.6) is 0 Å². The van der Waals surface area contributed by atoms with Gasteiger partial charge in [0.25, 0.3) is 0 Å². The van der Waals surface area contributed by atoms with Gasteiger partial charge in [0, 0.05) is 12.6 Å². The average molecular weight is 353 g/mol. The van der Waals surface area contributed by atoms with Gasteiger partial charge in [0.2, 0.25) is 10.0 Å². The Bertz CT molecular complexity index is 831. The summed E-state index contributed by atoms with van der Waals surface area (Å²) in [7, 11) is -2.35. The van der Waals surface area contributed by atoms with E-state index in [1.54, 1.807) is 19.2 Å². The molecule has 130 valence electrons. The van der Waals surface area contributed by atoms with Gasteiger partial charge in [-0.05, 0) is 34.9 Å². The van der Waals surface area contributed by atoms with Gasteiger partial charge in [-0.2, -0.15) is 4.72 Å². The van der Waals surface area contributed by atoms with Crippen LogP contribution in [-0.4, -0.2) is 45.7 Å². The number of carbonyl (C=O) groups is 1. The number of aliphatic carboxylic acids is 1. The number of hydrogen-bond donors (Lipinski definition) is 2. The number of nitrogens with one attached hydrogen (secondary N) is 1. The van der Waals surface area contributed by atoms with Crippen molar-refractivity contribution in [2.75, 3.05) is 0 Å². The number of carboxylic acids is 1. The molecular formula is C14H19N5O4S. The first kappa shape index (κ1) is 18.0. The molecule has 0 amide bonds. The Kier molecular flexibility index (Phi) is 5.30. The van der Waals surface area contributed by atoms with E-state index < -0.39 is 22.0 Å². The Balaban J connectivity index is 2.32. The van der Waals surface area contributed by atoms with E-state index in [0.717, 1.165) is 0 Å². The maximum atomic E-state index is 12.5. The van der Waals surface area contributed by atoms with Crippen LogP contribution in [0.25, 0.3) is 11.4 Å². The molecule has 24 heavy (non-hydrogen) atoms. The summed E-state index contributed by atoms with van der Waals surface area (Å²) in [5.74, 6) is -0.769. The standard InChI is InChI=1S/C14H19N5O4S/c1-9(2)7-12(14(20)21)16-24(22,23)11-6-4-5-10(8-11)13-15-17-18-19(13)3/h4-6,8-9,12,16H,7H2,1-3H3,(H,20,21)/t12-/m0/s1. The molecule has 0 saturated heterocycles. The van der Waals surface area contributed by atoms with Gasteiger partial charge in [0.1, 0.15) is 6.04 Å². The highest BCUT2D eigenvalue weighted by atomic mass is 32.2. The lowest BCUT2D eigenvalue weighted by atomic mass is 10.1. The van der Waals surface area contributed by atoms with E-state index in [1.807, 2.05) is 13.8 Å². The first-order chi connectivity index (χ1) is 11.2. The van der Waals surface area contributed by atoms with Gasteiger partial charge in [-0.25, -0.2) is 13.1 Å². The lowest BCUT2D eigenvalue weighted by Gasteiger charge is -2.16. The van der Waals surface area contributed by atoms with E-state index in [2.05, 4.69) is 20.2 Å². The van der Waals surface area contributed by atoms with Gasteiger partial charge in [0.05, 0.1) is 4.90 Å². The largest absolute Gasteiger partial charge is 0.480 e. The number of sulfonamides is 1. The molecule has 2 N–H and O–H groups in total. The van der Waals surface area contributed by atoms with Crippen molar-refractivity contribution in [3.63, 3.8) is 0 Å². The molecule has 9 nitrogen and oxygen atoms in total. The van der Waals surface area contributed by atoms with Gasteiger partial charge in [-0.15, -0.1) is 5.10 Å². The third-order valence-electron chi connectivity index (χ3n) is 3.33. The zero-order chi connectivity index (χ0) is 17.9. The second-order valence-electron chi connectivity index (χ2n) is 5.80. The molecule has 1 atom stereocenters. The zero-order valence-electron chi connectivity index (χ0n) is 13.5. The minimum atomic E-state index is -3.99. The molecular weight excluding hydrogens is 334 g/mol. The molecule has 1 heterocycles. The lowest BCUT2D eigenvalue weighted by molar-refractivity contribution is -0.139. The molecule has 0 fully saturated rings. The number of tetrazole rings is 1. The van der Waals surface area contributed by atoms with E-state index in [4.69, 9.17) is 0 Å². The van der Waals surface area contributed by atoms with Crippen molar-refractivity contribution in [2.24, 2.45) is 13.0 Å². The fraction of sp³-hybridized carbons (Fsp3) is 0.429. The Morgan fingerprint density at radius 2 is 2.08 bits per heavy atom. The monoisotopic (exact) mass is 353 g/mol. The summed E-state index contributed by atoms with van der Waals surface area (Å²) >= 11 is 0. The van der Waals surface area contributed by atoms with Crippen LogP contribution in [0, 0.1) is 5.92 Å². The molecule has 0 spiro atoms. The minimum Gasteiger partial charge on any atom is -0.480 e. The molecule has 1 aromatic carbocycles. The van der Waals surface area contributed by atoms with E-state index in [9.17, 15) is 18.3 Å². The number of nitrogens with zero attached hydrogens (tertiary/aromatic N) is 4. The average Bonchev–Trinajstić information content (AvgIpc) is 2.92. The SMILES string of the molecule is CC(C)C[C@H](NS(=O)(=O)c1cccc(-c2nnnn2C)c1)C(=O)O. The maximum Gasteiger partial charge on any atom is 0.321 e. The number of hydrogen-bond acceptors (Lipinski definition) is 6. The van der Waals surface area contributed by atoms with Crippen molar-refractivity contribution >= 4 is 16.0 Å². The Morgan fingerprint density at radius 1 is 1.38 bits per heavy atom. The van der Waals surface area contributed by atoms with Crippen LogP contribution in [0.15, 0.2) is 29.2 Å². The number of benzene rings is 1. The highest BCUT2D eigenvalue weighted by Gasteiger charge is 2.26. The molecule has 0 saturated carbocycles. The third kappa shape index (κ3) is 4.15. The van der Waals surface area contributed by atoms with Gasteiger partial charge < -0.3 is 5.11 Å². The molecule has 10 heteroatoms. The predicted molar refractivity (Wildman–Crippen MR) is 85.4 cm³/mol. The highest BCUT2D eigenvalue weighted by Crippen LogP contribution is 2.20. The summed E-state index contributed by atoms with van der Waals surface area (Å²) in [6.45, 7) is 3.65. The van der Waals surface area contributed by atoms with Crippen LogP contribution in [0.1, 0.15) is 20.3 Å². The first-order valence-corrected chi connectivity index (χ1v) is 8.77. The van der Waals surface area contributed by atoms with Crippen molar-refractivity contribution < 1.29 is 18.3 Å². The molecule has 2 aromatic rings. The van der Waals surface area contributed by atoms with Crippen LogP contribution >= 0.6 is 0 Å². The number of aromatic nitrogens is 4. The Morgan fingerprint density at radius 3 is 2.62 bits per heavy atom. The molecule has 0 radical (unpaired) electrons. The van der Waals surface area contributed by atoms with Crippen molar-refractivity contribution in [1.29, 1.82) is 0 Å². The Labute approximate surface area is 139 Å². The zero-order valence-corrected chi connectivity index (χ0v) is 14.4. The third-order valence-corrected chi connectivity index (χ3v) is 4.79. The summed E-state index contributed by atoms with van der Waals surface area (Å²) in [4.78, 5) is 11.2. The van der Waals surface area contributed by atoms with E-state index in [1.165, 1.54) is 16.8 Å². The summed E-state index contributed by atoms with van der Waals surface area (Å²) < 4.78 is 28.7. The quantitative estimate of drug-likeness (QED) is 0.748. The Hall–Kier alpha value is -2.33. The number of carboxylic acid groups (broad SMARTS) is 1. The molecule has 0 aliphatic rings. The molecule has 2 rings (SSSR count). The summed E-state index contributed by atoms with van der Waals surface area (Å²) in [6.07, 6.45) is 0.196. The van der Waals surface area contributed by atoms with E-state index in [0.29, 0.717) is 11.4 Å². The van der Waals surface area contributed by atoms with Gasteiger partial charge in [0.15, 0.2) is 5.82 Å². The van der Waals surface area contributed by atoms with Crippen LogP contribution < -0.4 is 4.72 Å². The summed E-state index contributed by atoms with van der Waals surface area (Å²) in [6, 6.07) is 4.84. The second kappa shape index (κ2) is 7.05. The van der Waals surface area contributed by atoms with E-state index in [-0.39, 0.29) is 17.2 Å². The summed E-state index contributed by atoms with van der Waals surface area (Å²) in [5.41, 5.74) is 0.515. The van der Waals surface area contributed by atoms with E-state index >= 15 is 0 Å². The first-order valence-electron chi connectivity index (χ1n) is 7.28. The minimum absolute atomic E-state index is 0.0323. The lowest BCUT2D eigenvalue weighted by Crippen LogP contribution is -2.41. The molecule has 1 aromatic heterocycles. The van der Waals surface area contributed by atoms with Gasteiger partial charge >= 0.3 is 5.97 Å². The van der Waals surface area contributed by atoms with Crippen LogP contribution in [-0.2, 0) is 21.9 Å². The van der Waals surface area contributed by atoms with Crippen molar-refractivity contribution in [3.05, 3.63) is 24.3 Å². The topological polar surface area (TPSA) is 127 Å². The normalized spacial score (nSPS) is 13.2. The number of aryl methyl sites for hydroxylation is 1. The molecule has 0 unspecified atom stereocenters. The molecule has 0 aliphatic carbocycles. The smallest absolute Gasteiger partial charge is 0.321 e. The fourth-order valence-electron chi connectivity index (χ4n) is 2.20. The number of rotatable bonds is 7. The van der Waals surface area contributed by atoms with Crippen molar-refractivity contribution in [1.82, 2.24) is 24.9 Å². The van der Waals surface area contributed by atoms with Crippen molar-refractivity contribution in [2.45, 2.75) is 31.2 Å². The molecule has 0 aliphatic heterocycles. The van der Waals surface area contributed by atoms with Gasteiger partial charge in [-0.3, -0.25) is 4.79 Å². The van der Waals surface area contributed by atoms with Crippen LogP contribution in [0.3, 0.4) is 0 Å². The fourth-order valence-corrected chi connectivity index (χ4v) is 3.45. The summed E-state index contributed by atoms with van der Waals surface area (Å²) in [5, 5.41) is 20.3. The van der Waals surface area contributed by atoms with Crippen LogP contribution in [0.2, 0.25) is 0 Å². The van der Waals surface area contributed by atoms with Crippen LogP contribution in [0.4, 0.5) is 0 Å². The molecule has 0 bridgehead atoms. The van der Waals surface area contributed by atoms with Gasteiger partial charge in [-0.1, -0.05) is 26.0 Å². The highest BCUT2D eigenvalue weighted by molar-refractivity contribution is 7.89. The predicted octanol–water partition coefficient (Wildman–Crippen LogP) is 0.655. The second-order valence-corrected chi connectivity index (χ2v) is 7.51.